The fraction of sp³-hybridized carbons (Fsp3) is 0.308. The lowest BCUT2D eigenvalue weighted by atomic mass is 10.1. The maximum absolute atomic E-state index is 12.6. The summed E-state index contributed by atoms with van der Waals surface area (Å²) in [5.41, 5.74) is -0.589. The number of benzene rings is 1. The van der Waals surface area contributed by atoms with Crippen molar-refractivity contribution in [1.29, 1.82) is 0 Å². The number of nitrogens with zero attached hydrogens (tertiary/aromatic N) is 1. The van der Waals surface area contributed by atoms with Crippen LogP contribution in [0.4, 0.5) is 0 Å². The number of hydrogen-bond donors (Lipinski definition) is 1. The van der Waals surface area contributed by atoms with Gasteiger partial charge in [0.15, 0.2) is 0 Å². The number of aromatic nitrogens is 1. The number of fused-ring (bicyclic) bond motifs is 1. The number of rotatable bonds is 5. The van der Waals surface area contributed by atoms with Gasteiger partial charge in [-0.2, -0.15) is 0 Å². The summed E-state index contributed by atoms with van der Waals surface area (Å²) in [5.74, 6) is 0. The lowest BCUT2D eigenvalue weighted by Crippen LogP contribution is -2.48. The lowest BCUT2D eigenvalue weighted by molar-refractivity contribution is 0.509. The topological polar surface area (TPSA) is 59.1 Å². The molecule has 4 nitrogen and oxygen atoms in total. The Hall–Kier alpha value is -0.500. The van der Waals surface area contributed by atoms with Gasteiger partial charge in [0.25, 0.3) is 0 Å². The van der Waals surface area contributed by atoms with E-state index in [9.17, 15) is 8.42 Å². The van der Waals surface area contributed by atoms with Crippen LogP contribution in [0.5, 0.6) is 0 Å². The maximum Gasteiger partial charge on any atom is 0.241 e. The summed E-state index contributed by atoms with van der Waals surface area (Å²) < 4.78 is 27.9. The molecule has 2 rings (SSSR count). The van der Waals surface area contributed by atoms with Crippen LogP contribution in [0.3, 0.4) is 0 Å². The smallest absolute Gasteiger partial charge is 0.241 e. The van der Waals surface area contributed by atoms with E-state index in [1.165, 1.54) is 0 Å². The highest BCUT2D eigenvalue weighted by Crippen LogP contribution is 2.24. The third kappa shape index (κ3) is 3.21. The van der Waals surface area contributed by atoms with Gasteiger partial charge in [0.1, 0.15) is 0 Å². The number of nitrogens with one attached hydrogen (secondary N) is 1. The minimum Gasteiger partial charge on any atom is -0.264 e. The fourth-order valence-corrected chi connectivity index (χ4v) is 5.01. The van der Waals surface area contributed by atoms with Crippen LogP contribution in [0.15, 0.2) is 41.6 Å². The molecule has 2 aromatic rings. The van der Waals surface area contributed by atoms with Crippen LogP contribution >= 0.6 is 31.9 Å². The molecule has 1 aromatic heterocycles. The molecule has 1 heterocycles. The Morgan fingerprint density at radius 3 is 2.60 bits per heavy atom. The third-order valence-corrected chi connectivity index (χ3v) is 7.07. The average Bonchev–Trinajstić information content (AvgIpc) is 2.46. The van der Waals surface area contributed by atoms with Gasteiger partial charge in [-0.05, 0) is 19.1 Å². The van der Waals surface area contributed by atoms with Crippen molar-refractivity contribution in [1.82, 2.24) is 9.71 Å². The maximum atomic E-state index is 12.6. The van der Waals surface area contributed by atoms with Crippen molar-refractivity contribution in [3.8, 4) is 0 Å². The van der Waals surface area contributed by atoms with Crippen molar-refractivity contribution in [2.75, 3.05) is 10.7 Å². The third-order valence-electron chi connectivity index (χ3n) is 2.90. The number of pyridine rings is 1. The first kappa shape index (κ1) is 15.9. The second-order valence-corrected chi connectivity index (χ2v) is 7.56. The van der Waals surface area contributed by atoms with Gasteiger partial charge in [-0.1, -0.05) is 44.0 Å². The molecule has 0 amide bonds. The van der Waals surface area contributed by atoms with Crippen LogP contribution in [0.25, 0.3) is 10.8 Å². The van der Waals surface area contributed by atoms with E-state index in [0.717, 1.165) is 5.39 Å². The summed E-state index contributed by atoms with van der Waals surface area (Å²) in [6, 6.07) is 6.88. The second-order valence-electron chi connectivity index (χ2n) is 4.79. The highest BCUT2D eigenvalue weighted by Gasteiger charge is 2.29. The summed E-state index contributed by atoms with van der Waals surface area (Å²) >= 11 is 6.68. The van der Waals surface area contributed by atoms with E-state index in [-0.39, 0.29) is 4.90 Å². The summed E-state index contributed by atoms with van der Waals surface area (Å²) in [4.78, 5) is 4.28. The minimum atomic E-state index is -3.61. The quantitative estimate of drug-likeness (QED) is 0.754. The molecular weight excluding hydrogens is 408 g/mol. The molecule has 20 heavy (non-hydrogen) atoms. The summed E-state index contributed by atoms with van der Waals surface area (Å²) in [6.45, 7) is 1.83. The van der Waals surface area contributed by atoms with Crippen LogP contribution in [0.1, 0.15) is 6.92 Å². The predicted molar refractivity (Wildman–Crippen MR) is 88.1 cm³/mol. The van der Waals surface area contributed by atoms with E-state index >= 15 is 0 Å². The molecule has 0 unspecified atom stereocenters. The van der Waals surface area contributed by atoms with Gasteiger partial charge in [0.05, 0.1) is 4.90 Å². The molecule has 0 spiro atoms. The zero-order valence-electron chi connectivity index (χ0n) is 10.8. The fourth-order valence-electron chi connectivity index (χ4n) is 1.80. The average molecular weight is 422 g/mol. The van der Waals surface area contributed by atoms with Crippen molar-refractivity contribution in [3.05, 3.63) is 36.7 Å². The van der Waals surface area contributed by atoms with Crippen molar-refractivity contribution >= 4 is 52.7 Å². The molecule has 0 radical (unpaired) electrons. The highest BCUT2D eigenvalue weighted by atomic mass is 79.9. The van der Waals surface area contributed by atoms with E-state index in [4.69, 9.17) is 0 Å². The van der Waals surface area contributed by atoms with Crippen LogP contribution in [-0.4, -0.2) is 29.6 Å². The molecule has 0 aliphatic rings. The van der Waals surface area contributed by atoms with E-state index < -0.39 is 15.6 Å². The van der Waals surface area contributed by atoms with E-state index in [1.807, 2.05) is 13.0 Å². The lowest BCUT2D eigenvalue weighted by Gasteiger charge is -2.26. The number of halogens is 2. The molecule has 0 aliphatic heterocycles. The van der Waals surface area contributed by atoms with Crippen molar-refractivity contribution in [3.63, 3.8) is 0 Å². The zero-order valence-corrected chi connectivity index (χ0v) is 14.8. The standard InChI is InChI=1S/C13H14Br2N2O2S/c1-13(8-14,9-15)17-20(18,19)12-4-2-3-10-7-16-6-5-11(10)12/h2-7,17H,8-9H2,1H3. The Morgan fingerprint density at radius 2 is 1.95 bits per heavy atom. The molecule has 7 heteroatoms. The Morgan fingerprint density at radius 1 is 1.25 bits per heavy atom. The molecule has 0 bridgehead atoms. The van der Waals surface area contributed by atoms with Crippen LogP contribution in [0.2, 0.25) is 0 Å². The largest absolute Gasteiger partial charge is 0.264 e. The Balaban J connectivity index is 2.53. The van der Waals surface area contributed by atoms with Gasteiger partial charge in [-0.3, -0.25) is 4.98 Å². The molecule has 0 saturated heterocycles. The number of hydrogen-bond acceptors (Lipinski definition) is 3. The normalized spacial score (nSPS) is 12.8. The predicted octanol–water partition coefficient (Wildman–Crippen LogP) is 3.06. The molecule has 1 N–H and O–H groups in total. The molecule has 0 aliphatic carbocycles. The SMILES string of the molecule is CC(CBr)(CBr)NS(=O)(=O)c1cccc2cnccc12. The van der Waals surface area contributed by atoms with Gasteiger partial charge >= 0.3 is 0 Å². The zero-order chi connectivity index (χ0) is 14.8. The first-order valence-corrected chi connectivity index (χ1v) is 9.63. The van der Waals surface area contributed by atoms with Gasteiger partial charge < -0.3 is 0 Å². The van der Waals surface area contributed by atoms with Gasteiger partial charge in [0, 0.05) is 39.4 Å². The summed E-state index contributed by atoms with van der Waals surface area (Å²) in [7, 11) is -3.61. The molecule has 0 atom stereocenters. The van der Waals surface area contributed by atoms with Crippen molar-refractivity contribution < 1.29 is 8.42 Å². The van der Waals surface area contributed by atoms with E-state index in [1.54, 1.807) is 30.6 Å². The number of alkyl halides is 2. The van der Waals surface area contributed by atoms with Crippen molar-refractivity contribution in [2.24, 2.45) is 0 Å². The molecular formula is C13H14Br2N2O2S. The Kier molecular flexibility index (Phi) is 4.84. The van der Waals surface area contributed by atoms with Gasteiger partial charge in [-0.15, -0.1) is 0 Å². The molecule has 0 fully saturated rings. The summed E-state index contributed by atoms with van der Waals surface area (Å²) in [6.07, 6.45) is 3.25. The Bertz CT molecular complexity index is 710. The first-order chi connectivity index (χ1) is 9.42. The Labute approximate surface area is 135 Å². The van der Waals surface area contributed by atoms with E-state index in [0.29, 0.717) is 16.0 Å². The second kappa shape index (κ2) is 6.09. The van der Waals surface area contributed by atoms with Gasteiger partial charge in [-0.25, -0.2) is 13.1 Å². The van der Waals surface area contributed by atoms with Crippen LogP contribution in [0, 0.1) is 0 Å². The van der Waals surface area contributed by atoms with Crippen molar-refractivity contribution in [2.45, 2.75) is 17.4 Å². The monoisotopic (exact) mass is 420 g/mol. The summed E-state index contributed by atoms with van der Waals surface area (Å²) in [5, 5.41) is 2.49. The van der Waals surface area contributed by atoms with E-state index in [2.05, 4.69) is 41.6 Å². The van der Waals surface area contributed by atoms with Crippen LogP contribution in [-0.2, 0) is 10.0 Å². The van der Waals surface area contributed by atoms with Gasteiger partial charge in [0.2, 0.25) is 10.0 Å². The molecule has 1 aromatic carbocycles. The minimum absolute atomic E-state index is 0.269. The van der Waals surface area contributed by atoms with Crippen LogP contribution < -0.4 is 4.72 Å². The number of sulfonamides is 1. The molecule has 108 valence electrons. The molecule has 0 saturated carbocycles. The highest BCUT2D eigenvalue weighted by molar-refractivity contribution is 9.09. The first-order valence-electron chi connectivity index (χ1n) is 5.90.